The summed E-state index contributed by atoms with van der Waals surface area (Å²) in [6, 6.07) is 7.53. The van der Waals surface area contributed by atoms with Gasteiger partial charge in [-0.05, 0) is 43.2 Å². The van der Waals surface area contributed by atoms with Gasteiger partial charge in [-0.3, -0.25) is 9.36 Å². The van der Waals surface area contributed by atoms with E-state index in [9.17, 15) is 9.18 Å². The summed E-state index contributed by atoms with van der Waals surface area (Å²) in [4.78, 5) is 21.6. The van der Waals surface area contributed by atoms with Crippen molar-refractivity contribution in [2.45, 2.75) is 38.1 Å². The molecule has 0 spiro atoms. The normalized spacial score (nSPS) is 15.0. The van der Waals surface area contributed by atoms with Gasteiger partial charge >= 0.3 is 0 Å². The number of rotatable bonds is 4. The van der Waals surface area contributed by atoms with E-state index in [1.807, 2.05) is 0 Å². The molecule has 0 bridgehead atoms. The number of hydrogen-bond donors (Lipinski definition) is 1. The van der Waals surface area contributed by atoms with E-state index in [1.165, 1.54) is 48.1 Å². The summed E-state index contributed by atoms with van der Waals surface area (Å²) < 4.78 is 20.1. The number of aromatic nitrogens is 3. The third kappa shape index (κ3) is 3.77. The zero-order chi connectivity index (χ0) is 18.8. The van der Waals surface area contributed by atoms with Crippen LogP contribution < -0.4 is 15.6 Å². The highest BCUT2D eigenvalue weighted by atomic mass is 19.1. The number of hydrogen-bond acceptors (Lipinski definition) is 5. The van der Waals surface area contributed by atoms with Crippen molar-refractivity contribution in [3.8, 4) is 11.5 Å². The van der Waals surface area contributed by atoms with Crippen molar-refractivity contribution in [1.29, 1.82) is 0 Å². The third-order valence-electron chi connectivity index (χ3n) is 4.90. The van der Waals surface area contributed by atoms with Crippen molar-refractivity contribution in [3.63, 3.8) is 0 Å². The number of fused-ring (bicyclic) bond motifs is 1. The van der Waals surface area contributed by atoms with Crippen LogP contribution in [0, 0.1) is 5.82 Å². The van der Waals surface area contributed by atoms with Gasteiger partial charge < -0.3 is 10.1 Å². The van der Waals surface area contributed by atoms with E-state index in [2.05, 4.69) is 15.3 Å². The van der Waals surface area contributed by atoms with Crippen LogP contribution in [-0.4, -0.2) is 20.6 Å². The minimum Gasteiger partial charge on any atom is -0.452 e. The van der Waals surface area contributed by atoms with Crippen molar-refractivity contribution in [3.05, 3.63) is 52.7 Å². The minimum atomic E-state index is -0.361. The highest BCUT2D eigenvalue weighted by Crippen LogP contribution is 2.23. The zero-order valence-electron chi connectivity index (χ0n) is 15.1. The summed E-state index contributed by atoms with van der Waals surface area (Å²) in [6.45, 7) is 0. The Labute approximate surface area is 156 Å². The smallest absolute Gasteiger partial charge is 0.294 e. The lowest BCUT2D eigenvalue weighted by Crippen LogP contribution is -2.24. The number of nitrogens with one attached hydrogen (secondary N) is 1. The molecule has 0 atom stereocenters. The molecule has 0 amide bonds. The number of anilines is 1. The van der Waals surface area contributed by atoms with Crippen molar-refractivity contribution in [2.24, 2.45) is 7.05 Å². The van der Waals surface area contributed by atoms with E-state index >= 15 is 0 Å². The predicted octanol–water partition coefficient (Wildman–Crippen LogP) is 4.00. The summed E-state index contributed by atoms with van der Waals surface area (Å²) in [5.41, 5.74) is 0.230. The summed E-state index contributed by atoms with van der Waals surface area (Å²) in [6.07, 6.45) is 7.63. The first-order valence-electron chi connectivity index (χ1n) is 9.17. The van der Waals surface area contributed by atoms with Gasteiger partial charge in [0.05, 0.1) is 0 Å². The van der Waals surface area contributed by atoms with Gasteiger partial charge in [0.25, 0.3) is 5.56 Å². The number of ether oxygens (including phenoxy) is 1. The molecule has 4 rings (SSSR count). The summed E-state index contributed by atoms with van der Waals surface area (Å²) in [5.74, 6) is 0.717. The van der Waals surface area contributed by atoms with Crippen molar-refractivity contribution in [2.75, 3.05) is 5.32 Å². The second-order valence-electron chi connectivity index (χ2n) is 6.88. The maximum Gasteiger partial charge on any atom is 0.294 e. The van der Waals surface area contributed by atoms with Crippen LogP contribution in [-0.2, 0) is 7.05 Å². The van der Waals surface area contributed by atoms with E-state index in [4.69, 9.17) is 4.74 Å². The van der Waals surface area contributed by atoms with Gasteiger partial charge in [0, 0.05) is 24.7 Å². The maximum atomic E-state index is 13.0. The lowest BCUT2D eigenvalue weighted by atomic mass is 9.96. The molecular weight excluding hydrogens is 347 g/mol. The molecule has 1 saturated carbocycles. The van der Waals surface area contributed by atoms with Crippen LogP contribution in [0.25, 0.3) is 11.0 Å². The van der Waals surface area contributed by atoms with E-state index < -0.39 is 0 Å². The Bertz CT molecular complexity index is 1010. The Balaban J connectivity index is 1.64. The molecule has 1 aliphatic rings. The van der Waals surface area contributed by atoms with Gasteiger partial charge in [0.15, 0.2) is 5.75 Å². The largest absolute Gasteiger partial charge is 0.452 e. The minimum absolute atomic E-state index is 0.146. The molecule has 0 aliphatic heterocycles. The SMILES string of the molecule is Cn1c(=O)c(Oc2ccc(F)cc2)cc2cnc(NC3CCCCC3)nc21. The number of pyridine rings is 1. The van der Waals surface area contributed by atoms with Gasteiger partial charge in [-0.2, -0.15) is 4.98 Å². The van der Waals surface area contributed by atoms with Gasteiger partial charge in [0.2, 0.25) is 5.95 Å². The maximum absolute atomic E-state index is 13.0. The molecule has 3 aromatic rings. The van der Waals surface area contributed by atoms with Crippen LogP contribution in [0.2, 0.25) is 0 Å². The molecule has 0 radical (unpaired) electrons. The van der Waals surface area contributed by atoms with Crippen LogP contribution >= 0.6 is 0 Å². The highest BCUT2D eigenvalue weighted by Gasteiger charge is 2.16. The Morgan fingerprint density at radius 2 is 1.93 bits per heavy atom. The van der Waals surface area contributed by atoms with E-state index in [-0.39, 0.29) is 17.1 Å². The molecule has 1 fully saturated rings. The van der Waals surface area contributed by atoms with E-state index in [1.54, 1.807) is 19.3 Å². The Morgan fingerprint density at radius 3 is 2.67 bits per heavy atom. The first-order chi connectivity index (χ1) is 13.1. The highest BCUT2D eigenvalue weighted by molar-refractivity contribution is 5.76. The number of benzene rings is 1. The van der Waals surface area contributed by atoms with E-state index in [0.717, 1.165) is 12.8 Å². The number of aryl methyl sites for hydroxylation is 1. The molecule has 1 aliphatic carbocycles. The summed E-state index contributed by atoms with van der Waals surface area (Å²) in [7, 11) is 1.65. The average molecular weight is 368 g/mol. The zero-order valence-corrected chi connectivity index (χ0v) is 15.1. The van der Waals surface area contributed by atoms with Crippen LogP contribution in [0.3, 0.4) is 0 Å². The molecule has 6 nitrogen and oxygen atoms in total. The van der Waals surface area contributed by atoms with Crippen molar-refractivity contribution in [1.82, 2.24) is 14.5 Å². The second-order valence-corrected chi connectivity index (χ2v) is 6.88. The van der Waals surface area contributed by atoms with Gasteiger partial charge in [-0.1, -0.05) is 19.3 Å². The molecule has 2 heterocycles. The molecular formula is C20H21FN4O2. The lowest BCUT2D eigenvalue weighted by Gasteiger charge is -2.22. The quantitative estimate of drug-likeness (QED) is 0.754. The summed E-state index contributed by atoms with van der Waals surface area (Å²) >= 11 is 0. The molecule has 0 saturated heterocycles. The molecule has 7 heteroatoms. The van der Waals surface area contributed by atoms with Crippen LogP contribution in [0.1, 0.15) is 32.1 Å². The first kappa shape index (κ1) is 17.5. The molecule has 2 aromatic heterocycles. The predicted molar refractivity (Wildman–Crippen MR) is 102 cm³/mol. The Kier molecular flexibility index (Phi) is 4.75. The average Bonchev–Trinajstić information content (AvgIpc) is 2.69. The third-order valence-corrected chi connectivity index (χ3v) is 4.90. The molecule has 0 unspecified atom stereocenters. The fourth-order valence-corrected chi connectivity index (χ4v) is 3.42. The molecule has 27 heavy (non-hydrogen) atoms. The molecule has 1 aromatic carbocycles. The van der Waals surface area contributed by atoms with Crippen molar-refractivity contribution >= 4 is 17.0 Å². The van der Waals surface area contributed by atoms with E-state index in [0.29, 0.717) is 28.8 Å². The van der Waals surface area contributed by atoms with Crippen LogP contribution in [0.4, 0.5) is 10.3 Å². The molecule has 1 N–H and O–H groups in total. The second kappa shape index (κ2) is 7.34. The standard InChI is InChI=1S/C20H21FN4O2/c1-25-18-13(12-22-20(24-18)23-15-5-3-2-4-6-15)11-17(19(25)26)27-16-9-7-14(21)8-10-16/h7-12,15H,2-6H2,1H3,(H,22,23,24). The van der Waals surface area contributed by atoms with Crippen LogP contribution in [0.15, 0.2) is 41.3 Å². The fraction of sp³-hybridized carbons (Fsp3) is 0.350. The summed E-state index contributed by atoms with van der Waals surface area (Å²) in [5, 5.41) is 4.07. The number of nitrogens with zero attached hydrogens (tertiary/aromatic N) is 3. The topological polar surface area (TPSA) is 69.0 Å². The molecule has 140 valence electrons. The van der Waals surface area contributed by atoms with Gasteiger partial charge in [-0.25, -0.2) is 9.37 Å². The lowest BCUT2D eigenvalue weighted by molar-refractivity contribution is 0.460. The van der Waals surface area contributed by atoms with Crippen LogP contribution in [0.5, 0.6) is 11.5 Å². The van der Waals surface area contributed by atoms with Gasteiger partial charge in [-0.15, -0.1) is 0 Å². The van der Waals surface area contributed by atoms with Gasteiger partial charge in [0.1, 0.15) is 17.2 Å². The number of halogens is 1. The Hall–Kier alpha value is -2.96. The van der Waals surface area contributed by atoms with Crippen molar-refractivity contribution < 1.29 is 9.13 Å². The Morgan fingerprint density at radius 1 is 1.19 bits per heavy atom. The monoisotopic (exact) mass is 368 g/mol. The fourth-order valence-electron chi connectivity index (χ4n) is 3.42. The first-order valence-corrected chi connectivity index (χ1v) is 9.17.